The number of fused-ring (bicyclic) bond motifs is 3. The van der Waals surface area contributed by atoms with Crippen LogP contribution in [0.3, 0.4) is 0 Å². The summed E-state index contributed by atoms with van der Waals surface area (Å²) in [6, 6.07) is 8.49. The number of aryl methyl sites for hydroxylation is 3. The lowest BCUT2D eigenvalue weighted by Gasteiger charge is -2.05. The van der Waals surface area contributed by atoms with E-state index in [0.717, 1.165) is 42.4 Å². The second-order valence-electron chi connectivity index (χ2n) is 7.96. The molecule has 2 aliphatic carbocycles. The third-order valence-corrected chi connectivity index (χ3v) is 6.74. The molecule has 1 aromatic heterocycles. The molecule has 1 aromatic carbocycles. The van der Waals surface area contributed by atoms with E-state index in [-0.39, 0.29) is 6.61 Å². The Morgan fingerprint density at radius 2 is 1.78 bits per heavy atom. The van der Waals surface area contributed by atoms with Crippen LogP contribution in [0.15, 0.2) is 24.3 Å². The molecule has 1 saturated carbocycles. The first-order valence-electron chi connectivity index (χ1n) is 10.4. The molecule has 1 fully saturated rings. The monoisotopic (exact) mass is 384 g/mol. The highest BCUT2D eigenvalue weighted by molar-refractivity contribution is 7.14. The Labute approximate surface area is 167 Å². The van der Waals surface area contributed by atoms with Crippen LogP contribution >= 0.6 is 11.3 Å². The number of benzene rings is 1. The van der Waals surface area contributed by atoms with Crippen LogP contribution < -0.4 is 0 Å². The van der Waals surface area contributed by atoms with Gasteiger partial charge < -0.3 is 5.11 Å². The summed E-state index contributed by atoms with van der Waals surface area (Å²) < 4.78 is 0. The maximum atomic E-state index is 12.7. The van der Waals surface area contributed by atoms with E-state index in [1.54, 1.807) is 11.3 Å². The molecular formula is C24H32O2S. The zero-order valence-electron chi connectivity index (χ0n) is 16.9. The predicted molar refractivity (Wildman–Crippen MR) is 114 cm³/mol. The second-order valence-corrected chi connectivity index (χ2v) is 9.18. The van der Waals surface area contributed by atoms with E-state index in [4.69, 9.17) is 5.11 Å². The Hall–Kier alpha value is -1.45. The Bertz CT molecular complexity index is 772. The fourth-order valence-corrected chi connectivity index (χ4v) is 5.36. The maximum absolute atomic E-state index is 12.7. The number of carbonyl (C=O) groups excluding carboxylic acids is 1. The zero-order valence-corrected chi connectivity index (χ0v) is 17.7. The molecule has 2 atom stereocenters. The third-order valence-electron chi connectivity index (χ3n) is 5.53. The quantitative estimate of drug-likeness (QED) is 0.606. The molecule has 27 heavy (non-hydrogen) atoms. The number of aliphatic hydroxyl groups excluding tert-OH is 1. The van der Waals surface area contributed by atoms with Gasteiger partial charge in [0.15, 0.2) is 5.78 Å². The molecule has 1 heterocycles. The van der Waals surface area contributed by atoms with Gasteiger partial charge in [-0.05, 0) is 73.1 Å². The van der Waals surface area contributed by atoms with Gasteiger partial charge in [-0.3, -0.25) is 4.79 Å². The molecule has 3 heteroatoms. The van der Waals surface area contributed by atoms with E-state index >= 15 is 0 Å². The molecule has 2 nitrogen and oxygen atoms in total. The summed E-state index contributed by atoms with van der Waals surface area (Å²) in [5.41, 5.74) is 5.40. The van der Waals surface area contributed by atoms with Crippen LogP contribution in [0.4, 0.5) is 0 Å². The fraction of sp³-hybridized carbons (Fsp3) is 0.542. The van der Waals surface area contributed by atoms with Crippen LogP contribution in [0.25, 0.3) is 0 Å². The molecule has 4 rings (SSSR count). The highest BCUT2D eigenvalue weighted by Gasteiger charge is 2.48. The lowest BCUT2D eigenvalue weighted by atomic mass is 10.0. The summed E-state index contributed by atoms with van der Waals surface area (Å²) in [5.74, 6) is 1.96. The van der Waals surface area contributed by atoms with Crippen LogP contribution in [-0.2, 0) is 19.3 Å². The van der Waals surface area contributed by atoms with Crippen LogP contribution in [0.2, 0.25) is 0 Å². The summed E-state index contributed by atoms with van der Waals surface area (Å²) in [5, 5.41) is 8.89. The Kier molecular flexibility index (Phi) is 6.88. The minimum absolute atomic E-state index is 0.239. The topological polar surface area (TPSA) is 37.3 Å². The lowest BCUT2D eigenvalue weighted by Crippen LogP contribution is -2.02. The van der Waals surface area contributed by atoms with Crippen molar-refractivity contribution in [3.63, 3.8) is 0 Å². The van der Waals surface area contributed by atoms with E-state index in [2.05, 4.69) is 45.0 Å². The minimum atomic E-state index is 0.239. The molecule has 0 saturated heterocycles. The van der Waals surface area contributed by atoms with Gasteiger partial charge in [0.05, 0.1) is 4.88 Å². The van der Waals surface area contributed by atoms with Crippen molar-refractivity contribution in [3.8, 4) is 0 Å². The van der Waals surface area contributed by atoms with Gasteiger partial charge in [-0.2, -0.15) is 0 Å². The van der Waals surface area contributed by atoms with E-state index in [0.29, 0.717) is 12.2 Å². The molecular weight excluding hydrogens is 352 g/mol. The van der Waals surface area contributed by atoms with E-state index in [1.165, 1.54) is 40.0 Å². The summed E-state index contributed by atoms with van der Waals surface area (Å²) >= 11 is 1.73. The van der Waals surface area contributed by atoms with Gasteiger partial charge in [-0.15, -0.1) is 11.3 Å². The van der Waals surface area contributed by atoms with Crippen molar-refractivity contribution < 1.29 is 9.90 Å². The highest BCUT2D eigenvalue weighted by Crippen LogP contribution is 2.59. The molecule has 2 aromatic rings. The highest BCUT2D eigenvalue weighted by atomic mass is 32.1. The van der Waals surface area contributed by atoms with Gasteiger partial charge in [0.2, 0.25) is 0 Å². The van der Waals surface area contributed by atoms with Gasteiger partial charge >= 0.3 is 0 Å². The Morgan fingerprint density at radius 3 is 2.41 bits per heavy atom. The van der Waals surface area contributed by atoms with Crippen molar-refractivity contribution in [3.05, 3.63) is 56.3 Å². The van der Waals surface area contributed by atoms with Crippen LogP contribution in [0.5, 0.6) is 0 Å². The SMILES string of the molecule is CCC.Cc1sc(C(=O)CCc2ccc(CCCO)cc2)c2c1[C@@H]1C[C@@H]1C2. The van der Waals surface area contributed by atoms with Crippen molar-refractivity contribution in [2.75, 3.05) is 6.61 Å². The van der Waals surface area contributed by atoms with Crippen LogP contribution in [0, 0.1) is 12.8 Å². The van der Waals surface area contributed by atoms with Crippen LogP contribution in [0.1, 0.15) is 82.3 Å². The third kappa shape index (κ3) is 4.70. The number of ketones is 1. The standard InChI is InChI=1S/C21H24O2S.C3H8/c1-13-20-17-11-16(17)12-18(20)21(24-13)19(23)9-8-15-6-4-14(5-7-15)3-2-10-22;1-3-2/h4-7,16-17,22H,2-3,8-12H2,1H3;3H2,1-2H3/t16-,17-;/m1./s1. The van der Waals surface area contributed by atoms with E-state index in [9.17, 15) is 4.79 Å². The number of hydrogen-bond acceptors (Lipinski definition) is 3. The smallest absolute Gasteiger partial charge is 0.173 e. The molecule has 0 aliphatic heterocycles. The average Bonchev–Trinajstić information content (AvgIpc) is 3.20. The van der Waals surface area contributed by atoms with Gasteiger partial charge in [-0.1, -0.05) is 44.5 Å². The van der Waals surface area contributed by atoms with Crippen molar-refractivity contribution in [2.24, 2.45) is 5.92 Å². The first-order valence-corrected chi connectivity index (χ1v) is 11.2. The number of hydrogen-bond donors (Lipinski definition) is 1. The molecule has 146 valence electrons. The van der Waals surface area contributed by atoms with Crippen molar-refractivity contribution in [1.82, 2.24) is 0 Å². The Balaban J connectivity index is 0.000000659. The fourth-order valence-electron chi connectivity index (χ4n) is 4.13. The number of Topliss-reactive ketones (excluding diaryl/α,β-unsaturated/α-hetero) is 1. The number of thiophene rings is 1. The number of carbonyl (C=O) groups is 1. The van der Waals surface area contributed by atoms with Crippen molar-refractivity contribution >= 4 is 17.1 Å². The number of aliphatic hydroxyl groups is 1. The molecule has 1 N–H and O–H groups in total. The largest absolute Gasteiger partial charge is 0.396 e. The zero-order chi connectivity index (χ0) is 19.4. The summed E-state index contributed by atoms with van der Waals surface area (Å²) in [4.78, 5) is 15.1. The second kappa shape index (κ2) is 9.16. The molecule has 0 spiro atoms. The predicted octanol–water partition coefficient (Wildman–Crippen LogP) is 5.87. The van der Waals surface area contributed by atoms with Gasteiger partial charge in [0.25, 0.3) is 0 Å². The molecule has 0 unspecified atom stereocenters. The van der Waals surface area contributed by atoms with E-state index in [1.807, 2.05) is 0 Å². The summed E-state index contributed by atoms with van der Waals surface area (Å²) in [6.07, 6.45) is 6.89. The van der Waals surface area contributed by atoms with Crippen molar-refractivity contribution in [1.29, 1.82) is 0 Å². The summed E-state index contributed by atoms with van der Waals surface area (Å²) in [7, 11) is 0. The molecule has 0 radical (unpaired) electrons. The number of rotatable bonds is 7. The normalized spacial score (nSPS) is 19.1. The van der Waals surface area contributed by atoms with E-state index < -0.39 is 0 Å². The van der Waals surface area contributed by atoms with Crippen LogP contribution in [-0.4, -0.2) is 17.5 Å². The first kappa shape index (κ1) is 20.3. The average molecular weight is 385 g/mol. The van der Waals surface area contributed by atoms with Gasteiger partial charge in [0, 0.05) is 17.9 Å². The first-order chi connectivity index (χ1) is 13.1. The molecule has 2 aliphatic rings. The maximum Gasteiger partial charge on any atom is 0.173 e. The molecule has 0 amide bonds. The lowest BCUT2D eigenvalue weighted by molar-refractivity contribution is 0.0986. The molecule has 0 bridgehead atoms. The van der Waals surface area contributed by atoms with Gasteiger partial charge in [-0.25, -0.2) is 0 Å². The van der Waals surface area contributed by atoms with Crippen molar-refractivity contribution in [2.45, 2.75) is 71.6 Å². The van der Waals surface area contributed by atoms with Gasteiger partial charge in [0.1, 0.15) is 0 Å². The Morgan fingerprint density at radius 1 is 1.15 bits per heavy atom. The summed E-state index contributed by atoms with van der Waals surface area (Å²) in [6.45, 7) is 6.68. The minimum Gasteiger partial charge on any atom is -0.396 e.